The Morgan fingerprint density at radius 3 is 2.33 bits per heavy atom. The Hall–Kier alpha value is -2.70. The highest BCUT2D eigenvalue weighted by atomic mass is 16.4. The van der Waals surface area contributed by atoms with Gasteiger partial charge in [-0.1, -0.05) is 43.5 Å². The number of Topliss-reactive ketones (excluding diaryl/α,β-unsaturated/α-hetero) is 1. The second-order valence-corrected chi connectivity index (χ2v) is 8.24. The quantitative estimate of drug-likeness (QED) is 0.326. The van der Waals surface area contributed by atoms with E-state index in [-0.39, 0.29) is 35.8 Å². The van der Waals surface area contributed by atoms with E-state index in [1.54, 1.807) is 19.1 Å². The summed E-state index contributed by atoms with van der Waals surface area (Å²) in [4.78, 5) is 36.4. The van der Waals surface area contributed by atoms with Crippen molar-refractivity contribution in [2.24, 2.45) is 17.6 Å². The molecule has 7 nitrogen and oxygen atoms in total. The summed E-state index contributed by atoms with van der Waals surface area (Å²) < 4.78 is 0. The molecule has 30 heavy (non-hydrogen) atoms. The molecule has 0 aromatic heterocycles. The summed E-state index contributed by atoms with van der Waals surface area (Å²) >= 11 is 0. The number of carbonyl (C=O) groups excluding carboxylic acids is 2. The Balaban J connectivity index is 1.89. The maximum Gasteiger partial charge on any atom is 0.303 e. The third-order valence-electron chi connectivity index (χ3n) is 5.99. The van der Waals surface area contributed by atoms with E-state index in [1.165, 1.54) is 0 Å². The number of ketones is 1. The minimum absolute atomic E-state index is 0.00405. The van der Waals surface area contributed by atoms with Crippen molar-refractivity contribution in [3.05, 3.63) is 35.4 Å². The Bertz CT molecular complexity index is 754. The van der Waals surface area contributed by atoms with E-state index in [4.69, 9.17) is 16.2 Å². The molecule has 2 rings (SSSR count). The first-order valence-electron chi connectivity index (χ1n) is 10.8. The van der Waals surface area contributed by atoms with Crippen LogP contribution in [0.4, 0.5) is 0 Å². The minimum atomic E-state index is -0.900. The lowest BCUT2D eigenvalue weighted by molar-refractivity contribution is -0.138. The van der Waals surface area contributed by atoms with Gasteiger partial charge in [-0.15, -0.1) is 0 Å². The summed E-state index contributed by atoms with van der Waals surface area (Å²) in [6.45, 7) is 1.69. The van der Waals surface area contributed by atoms with Crippen molar-refractivity contribution in [2.75, 3.05) is 0 Å². The number of carbonyl (C=O) groups is 3. The van der Waals surface area contributed by atoms with Crippen LogP contribution in [0.15, 0.2) is 24.3 Å². The number of nitrogens with one attached hydrogen (secondary N) is 2. The number of hydrogen-bond donors (Lipinski definition) is 4. The van der Waals surface area contributed by atoms with Crippen LogP contribution in [0.5, 0.6) is 0 Å². The predicted octanol–water partition coefficient (Wildman–Crippen LogP) is 3.04. The van der Waals surface area contributed by atoms with Gasteiger partial charge in [0, 0.05) is 24.3 Å². The van der Waals surface area contributed by atoms with Gasteiger partial charge in [0.25, 0.3) is 0 Å². The maximum atomic E-state index is 12.9. The van der Waals surface area contributed by atoms with Gasteiger partial charge in [0.2, 0.25) is 5.91 Å². The number of rotatable bonds is 11. The van der Waals surface area contributed by atoms with E-state index < -0.39 is 12.0 Å². The monoisotopic (exact) mass is 415 g/mol. The van der Waals surface area contributed by atoms with Crippen molar-refractivity contribution in [2.45, 2.75) is 70.8 Å². The maximum absolute atomic E-state index is 12.9. The SMILES string of the molecule is C[C@H](NC(=O)[C@H](CCC(=O)O)C1CCCCC1)C(=O)CCc1ccc(C(=N)N)cc1. The predicted molar refractivity (Wildman–Crippen MR) is 115 cm³/mol. The topological polar surface area (TPSA) is 133 Å². The van der Waals surface area contributed by atoms with Crippen molar-refractivity contribution in [1.29, 1.82) is 5.41 Å². The van der Waals surface area contributed by atoms with Gasteiger partial charge in [-0.25, -0.2) is 0 Å². The van der Waals surface area contributed by atoms with Crippen molar-refractivity contribution in [3.63, 3.8) is 0 Å². The summed E-state index contributed by atoms with van der Waals surface area (Å²) in [6.07, 6.45) is 6.30. The van der Waals surface area contributed by atoms with Crippen LogP contribution in [0.25, 0.3) is 0 Å². The van der Waals surface area contributed by atoms with E-state index in [9.17, 15) is 14.4 Å². The second-order valence-electron chi connectivity index (χ2n) is 8.24. The molecular weight excluding hydrogens is 382 g/mol. The van der Waals surface area contributed by atoms with Crippen molar-refractivity contribution in [3.8, 4) is 0 Å². The van der Waals surface area contributed by atoms with Gasteiger partial charge in [-0.2, -0.15) is 0 Å². The van der Waals surface area contributed by atoms with Crippen molar-refractivity contribution < 1.29 is 19.5 Å². The fourth-order valence-electron chi connectivity index (χ4n) is 4.13. The molecule has 0 aliphatic heterocycles. The van der Waals surface area contributed by atoms with E-state index in [0.29, 0.717) is 24.8 Å². The summed E-state index contributed by atoms with van der Waals surface area (Å²) in [5.74, 6) is -1.31. The number of carboxylic acids is 1. The first-order valence-corrected chi connectivity index (χ1v) is 10.8. The van der Waals surface area contributed by atoms with Crippen LogP contribution in [0.2, 0.25) is 0 Å². The number of carboxylic acid groups (broad SMARTS) is 1. The normalized spacial score (nSPS) is 16.4. The molecule has 2 atom stereocenters. The van der Waals surface area contributed by atoms with Gasteiger partial charge in [0.05, 0.1) is 6.04 Å². The number of nitrogen functional groups attached to an aromatic ring is 1. The third kappa shape index (κ3) is 7.28. The van der Waals surface area contributed by atoms with Crippen LogP contribution < -0.4 is 11.1 Å². The molecule has 7 heteroatoms. The van der Waals surface area contributed by atoms with Crippen LogP contribution in [-0.2, 0) is 20.8 Å². The van der Waals surface area contributed by atoms with E-state index in [1.807, 2.05) is 12.1 Å². The highest BCUT2D eigenvalue weighted by molar-refractivity contribution is 5.95. The van der Waals surface area contributed by atoms with Crippen LogP contribution in [-0.4, -0.2) is 34.6 Å². The smallest absolute Gasteiger partial charge is 0.303 e. The lowest BCUT2D eigenvalue weighted by Gasteiger charge is -2.30. The fourth-order valence-corrected chi connectivity index (χ4v) is 4.13. The molecule has 164 valence electrons. The van der Waals surface area contributed by atoms with Gasteiger partial charge >= 0.3 is 5.97 Å². The zero-order valence-corrected chi connectivity index (χ0v) is 17.7. The average Bonchev–Trinajstić information content (AvgIpc) is 2.72. The molecule has 1 aliphatic rings. The summed E-state index contributed by atoms with van der Waals surface area (Å²) in [5.41, 5.74) is 7.05. The minimum Gasteiger partial charge on any atom is -0.481 e. The number of amidine groups is 1. The van der Waals surface area contributed by atoms with E-state index in [0.717, 1.165) is 37.7 Å². The number of benzene rings is 1. The summed E-state index contributed by atoms with van der Waals surface area (Å²) in [5, 5.41) is 19.3. The fraction of sp³-hybridized carbons (Fsp3) is 0.565. The van der Waals surface area contributed by atoms with Gasteiger partial charge in [-0.3, -0.25) is 19.8 Å². The summed E-state index contributed by atoms with van der Waals surface area (Å²) in [7, 11) is 0. The highest BCUT2D eigenvalue weighted by Gasteiger charge is 2.31. The van der Waals surface area contributed by atoms with Gasteiger partial charge in [0.1, 0.15) is 5.84 Å². The molecule has 1 aromatic carbocycles. The van der Waals surface area contributed by atoms with Crippen molar-refractivity contribution >= 4 is 23.5 Å². The zero-order chi connectivity index (χ0) is 22.1. The lowest BCUT2D eigenvalue weighted by Crippen LogP contribution is -2.44. The molecule has 1 saturated carbocycles. The Kier molecular flexibility index (Phi) is 9.02. The molecule has 0 bridgehead atoms. The Labute approximate surface area is 177 Å². The van der Waals surface area contributed by atoms with Gasteiger partial charge < -0.3 is 16.2 Å². The molecule has 0 heterocycles. The lowest BCUT2D eigenvalue weighted by atomic mass is 9.77. The van der Waals surface area contributed by atoms with Crippen LogP contribution in [0.3, 0.4) is 0 Å². The Morgan fingerprint density at radius 2 is 1.77 bits per heavy atom. The van der Waals surface area contributed by atoms with Gasteiger partial charge in [-0.05, 0) is 44.1 Å². The molecule has 1 amide bonds. The van der Waals surface area contributed by atoms with Gasteiger partial charge in [0.15, 0.2) is 5.78 Å². The molecule has 0 saturated heterocycles. The number of nitrogens with two attached hydrogens (primary N) is 1. The zero-order valence-electron chi connectivity index (χ0n) is 17.7. The van der Waals surface area contributed by atoms with Crippen LogP contribution in [0.1, 0.15) is 69.4 Å². The molecular formula is C23H33N3O4. The standard InChI is InChI=1S/C23H33N3O4/c1-15(20(27)13-9-16-7-10-18(11-8-16)22(24)25)26-23(30)19(12-14-21(28)29)17-5-3-2-4-6-17/h7-8,10-11,15,17,19H,2-6,9,12-14H2,1H3,(H3,24,25)(H,26,30)(H,28,29)/t15-,19+/m0/s1. The van der Waals surface area contributed by atoms with Crippen LogP contribution in [0, 0.1) is 17.2 Å². The number of aliphatic carboxylic acids is 1. The van der Waals surface area contributed by atoms with Crippen LogP contribution >= 0.6 is 0 Å². The van der Waals surface area contributed by atoms with E-state index in [2.05, 4.69) is 5.32 Å². The molecule has 1 aromatic rings. The Morgan fingerprint density at radius 1 is 1.13 bits per heavy atom. The second kappa shape index (κ2) is 11.5. The molecule has 5 N–H and O–H groups in total. The molecule has 0 spiro atoms. The first-order chi connectivity index (χ1) is 14.3. The molecule has 1 fully saturated rings. The number of hydrogen-bond acceptors (Lipinski definition) is 4. The first kappa shape index (κ1) is 23.6. The van der Waals surface area contributed by atoms with Crippen molar-refractivity contribution in [1.82, 2.24) is 5.32 Å². The summed E-state index contributed by atoms with van der Waals surface area (Å²) in [6, 6.07) is 6.59. The average molecular weight is 416 g/mol. The number of amides is 1. The molecule has 0 unspecified atom stereocenters. The molecule has 1 aliphatic carbocycles. The van der Waals surface area contributed by atoms with E-state index >= 15 is 0 Å². The highest BCUT2D eigenvalue weighted by Crippen LogP contribution is 2.32. The molecule has 0 radical (unpaired) electrons. The largest absolute Gasteiger partial charge is 0.481 e. The number of aryl methyl sites for hydroxylation is 1. The third-order valence-corrected chi connectivity index (χ3v) is 5.99.